The Morgan fingerprint density at radius 3 is 2.12 bits per heavy atom. The summed E-state index contributed by atoms with van der Waals surface area (Å²) in [5, 5.41) is 3.11. The Hall–Kier alpha value is -2.29. The van der Waals surface area contributed by atoms with Crippen LogP contribution in [0.1, 0.15) is 54.1 Å². The molecule has 0 heterocycles. The second kappa shape index (κ2) is 8.19. The lowest BCUT2D eigenvalue weighted by atomic mass is 9.99. The van der Waals surface area contributed by atoms with Gasteiger partial charge in [-0.2, -0.15) is 0 Å². The van der Waals surface area contributed by atoms with Crippen molar-refractivity contribution in [2.24, 2.45) is 0 Å². The fraction of sp³-hybridized carbons (Fsp3) is 0.409. The molecule has 2 unspecified atom stereocenters. The molecule has 0 aromatic heterocycles. The fourth-order valence-corrected chi connectivity index (χ4v) is 2.74. The van der Waals surface area contributed by atoms with E-state index in [-0.39, 0.29) is 11.9 Å². The summed E-state index contributed by atoms with van der Waals surface area (Å²) in [6.07, 6.45) is 0.299. The number of ether oxygens (including phenoxy) is 1. The van der Waals surface area contributed by atoms with Crippen LogP contribution in [0.4, 0.5) is 0 Å². The fourth-order valence-electron chi connectivity index (χ4n) is 2.74. The second-order valence-electron chi connectivity index (χ2n) is 6.82. The Bertz CT molecular complexity index is 752. The summed E-state index contributed by atoms with van der Waals surface area (Å²) < 4.78 is 5.82. The SMILES string of the molecule is CCC(NC(=O)C(C)Oc1ccc(C)c(C)c1)c1ccc(C)c(C)c1. The second-order valence-corrected chi connectivity index (χ2v) is 6.82. The predicted molar refractivity (Wildman–Crippen MR) is 103 cm³/mol. The van der Waals surface area contributed by atoms with Gasteiger partial charge in [0.05, 0.1) is 6.04 Å². The molecule has 0 aliphatic heterocycles. The maximum Gasteiger partial charge on any atom is 0.261 e. The van der Waals surface area contributed by atoms with Crippen LogP contribution in [0.15, 0.2) is 36.4 Å². The van der Waals surface area contributed by atoms with Gasteiger partial charge in [0.1, 0.15) is 5.75 Å². The number of carbonyl (C=O) groups is 1. The van der Waals surface area contributed by atoms with Crippen LogP contribution >= 0.6 is 0 Å². The first-order valence-electron chi connectivity index (χ1n) is 8.93. The molecule has 3 nitrogen and oxygen atoms in total. The van der Waals surface area contributed by atoms with Crippen molar-refractivity contribution >= 4 is 5.91 Å². The molecule has 0 radical (unpaired) electrons. The van der Waals surface area contributed by atoms with Gasteiger partial charge in [0.25, 0.3) is 5.91 Å². The minimum absolute atomic E-state index is 0.00222. The summed E-state index contributed by atoms with van der Waals surface area (Å²) in [5.41, 5.74) is 6.01. The topological polar surface area (TPSA) is 38.3 Å². The lowest BCUT2D eigenvalue weighted by Crippen LogP contribution is -2.38. The molecule has 0 bridgehead atoms. The lowest BCUT2D eigenvalue weighted by molar-refractivity contribution is -0.128. The van der Waals surface area contributed by atoms with E-state index in [4.69, 9.17) is 4.74 Å². The summed E-state index contributed by atoms with van der Waals surface area (Å²) in [4.78, 5) is 12.6. The van der Waals surface area contributed by atoms with E-state index in [2.05, 4.69) is 51.2 Å². The van der Waals surface area contributed by atoms with Crippen molar-refractivity contribution in [3.63, 3.8) is 0 Å². The van der Waals surface area contributed by atoms with Gasteiger partial charge in [-0.1, -0.05) is 31.2 Å². The van der Waals surface area contributed by atoms with Crippen molar-refractivity contribution in [2.75, 3.05) is 0 Å². The maximum absolute atomic E-state index is 12.6. The number of rotatable bonds is 6. The van der Waals surface area contributed by atoms with Gasteiger partial charge >= 0.3 is 0 Å². The average molecular weight is 339 g/mol. The lowest BCUT2D eigenvalue weighted by Gasteiger charge is -2.22. The molecule has 0 aliphatic carbocycles. The van der Waals surface area contributed by atoms with Gasteiger partial charge in [0, 0.05) is 0 Å². The zero-order valence-electron chi connectivity index (χ0n) is 16.1. The number of carbonyl (C=O) groups excluding carboxylic acids is 1. The molecule has 0 spiro atoms. The summed E-state index contributed by atoms with van der Waals surface area (Å²) >= 11 is 0. The number of nitrogens with one attached hydrogen (secondary N) is 1. The van der Waals surface area contributed by atoms with E-state index in [1.54, 1.807) is 6.92 Å². The van der Waals surface area contributed by atoms with Crippen LogP contribution < -0.4 is 10.1 Å². The van der Waals surface area contributed by atoms with Crippen molar-refractivity contribution in [3.05, 3.63) is 64.2 Å². The van der Waals surface area contributed by atoms with Crippen molar-refractivity contribution < 1.29 is 9.53 Å². The van der Waals surface area contributed by atoms with Crippen LogP contribution in [0.25, 0.3) is 0 Å². The number of amides is 1. The van der Waals surface area contributed by atoms with E-state index >= 15 is 0 Å². The summed E-state index contributed by atoms with van der Waals surface area (Å²) in [7, 11) is 0. The molecular weight excluding hydrogens is 310 g/mol. The Morgan fingerprint density at radius 2 is 1.56 bits per heavy atom. The molecule has 3 heteroatoms. The van der Waals surface area contributed by atoms with Crippen molar-refractivity contribution in [2.45, 2.75) is 60.1 Å². The Labute approximate surface area is 151 Å². The first-order valence-corrected chi connectivity index (χ1v) is 8.93. The Balaban J connectivity index is 2.05. The molecule has 2 rings (SSSR count). The molecule has 1 N–H and O–H groups in total. The van der Waals surface area contributed by atoms with E-state index in [9.17, 15) is 4.79 Å². The van der Waals surface area contributed by atoms with Gasteiger partial charge in [0.2, 0.25) is 0 Å². The Morgan fingerprint density at radius 1 is 0.960 bits per heavy atom. The highest BCUT2D eigenvalue weighted by Crippen LogP contribution is 2.21. The van der Waals surface area contributed by atoms with Crippen molar-refractivity contribution in [1.82, 2.24) is 5.32 Å². The van der Waals surface area contributed by atoms with Crippen LogP contribution in [-0.2, 0) is 4.79 Å². The number of hydrogen-bond donors (Lipinski definition) is 1. The van der Waals surface area contributed by atoms with Crippen molar-refractivity contribution in [1.29, 1.82) is 0 Å². The molecule has 2 aromatic rings. The first kappa shape index (κ1) is 19.0. The molecule has 0 saturated heterocycles. The van der Waals surface area contributed by atoms with Crippen molar-refractivity contribution in [3.8, 4) is 5.75 Å². The van der Waals surface area contributed by atoms with Gasteiger partial charge in [-0.05, 0) is 81.0 Å². The quantitative estimate of drug-likeness (QED) is 0.808. The molecule has 2 atom stereocenters. The minimum atomic E-state index is -0.539. The zero-order valence-corrected chi connectivity index (χ0v) is 16.1. The van der Waals surface area contributed by atoms with Gasteiger partial charge in [-0.15, -0.1) is 0 Å². The Kier molecular flexibility index (Phi) is 6.24. The number of hydrogen-bond acceptors (Lipinski definition) is 2. The largest absolute Gasteiger partial charge is 0.481 e. The molecule has 0 saturated carbocycles. The molecule has 1 amide bonds. The molecule has 0 fully saturated rings. The molecule has 0 aliphatic rings. The van der Waals surface area contributed by atoms with E-state index in [1.807, 2.05) is 25.1 Å². The molecule has 25 heavy (non-hydrogen) atoms. The highest BCUT2D eigenvalue weighted by molar-refractivity contribution is 5.81. The van der Waals surface area contributed by atoms with Crippen LogP contribution in [0.3, 0.4) is 0 Å². The number of aryl methyl sites for hydroxylation is 4. The van der Waals surface area contributed by atoms with Gasteiger partial charge in [-0.25, -0.2) is 0 Å². The van der Waals surface area contributed by atoms with Gasteiger partial charge in [-0.3, -0.25) is 4.79 Å². The third kappa shape index (κ3) is 4.85. The molecular formula is C22H29NO2. The van der Waals surface area contributed by atoms with E-state index in [0.29, 0.717) is 0 Å². The number of benzene rings is 2. The maximum atomic E-state index is 12.6. The summed E-state index contributed by atoms with van der Waals surface area (Å²) in [6.45, 7) is 12.2. The smallest absolute Gasteiger partial charge is 0.261 e. The molecule has 2 aromatic carbocycles. The highest BCUT2D eigenvalue weighted by Gasteiger charge is 2.19. The standard InChI is InChI=1S/C22H29NO2/c1-7-21(19-10-8-14(2)16(4)12-19)23-22(24)18(6)25-20-11-9-15(3)17(5)13-20/h8-13,18,21H,7H2,1-6H3,(H,23,24). The minimum Gasteiger partial charge on any atom is -0.481 e. The van der Waals surface area contributed by atoms with E-state index < -0.39 is 6.10 Å². The van der Waals surface area contributed by atoms with E-state index in [1.165, 1.54) is 16.7 Å². The zero-order chi connectivity index (χ0) is 18.6. The molecule has 134 valence electrons. The van der Waals surface area contributed by atoms with Crippen LogP contribution in [0, 0.1) is 27.7 Å². The third-order valence-electron chi connectivity index (χ3n) is 4.82. The van der Waals surface area contributed by atoms with Crippen LogP contribution in [0.5, 0.6) is 5.75 Å². The average Bonchev–Trinajstić information content (AvgIpc) is 2.58. The first-order chi connectivity index (χ1) is 11.8. The van der Waals surface area contributed by atoms with E-state index in [0.717, 1.165) is 23.3 Å². The van der Waals surface area contributed by atoms with Crippen LogP contribution in [0.2, 0.25) is 0 Å². The summed E-state index contributed by atoms with van der Waals surface area (Å²) in [5.74, 6) is 0.633. The van der Waals surface area contributed by atoms with Gasteiger partial charge in [0.15, 0.2) is 6.10 Å². The normalized spacial score (nSPS) is 13.2. The summed E-state index contributed by atoms with van der Waals surface area (Å²) in [6, 6.07) is 12.2. The monoisotopic (exact) mass is 339 g/mol. The van der Waals surface area contributed by atoms with Crippen LogP contribution in [-0.4, -0.2) is 12.0 Å². The van der Waals surface area contributed by atoms with Gasteiger partial charge < -0.3 is 10.1 Å². The third-order valence-corrected chi connectivity index (χ3v) is 4.82. The highest BCUT2D eigenvalue weighted by atomic mass is 16.5. The predicted octanol–water partition coefficient (Wildman–Crippen LogP) is 4.96.